The Hall–Kier alpha value is -7.22. The molecule has 1 aromatic carbocycles. The summed E-state index contributed by atoms with van der Waals surface area (Å²) >= 11 is 0. The van der Waals surface area contributed by atoms with Gasteiger partial charge in [0.05, 0.1) is 18.9 Å². The average molecular weight is 1090 g/mol. The Morgan fingerprint density at radius 2 is 0.870 bits per heavy atom. The van der Waals surface area contributed by atoms with E-state index in [1.807, 2.05) is 0 Å². The third-order valence-corrected chi connectivity index (χ3v) is 11.9. The van der Waals surface area contributed by atoms with Crippen LogP contribution in [0.2, 0.25) is 0 Å². The maximum Gasteiger partial charge on any atom is 0.326 e. The number of carboxylic acids is 2. The second-order valence-corrected chi connectivity index (χ2v) is 20.7. The highest BCUT2D eigenvalue weighted by atomic mass is 16.4. The van der Waals surface area contributed by atoms with Crippen LogP contribution < -0.4 is 65.1 Å². The number of unbranched alkanes of at least 4 members (excludes halogenated alkanes) is 1. The van der Waals surface area contributed by atoms with Gasteiger partial charge in [-0.15, -0.1) is 0 Å². The van der Waals surface area contributed by atoms with E-state index in [1.54, 1.807) is 85.7 Å². The standard InChI is InChI=1S/C51H84N12O14/c1-25(2)20-34(60-49(74)40(27(5)6)62-43(68)30(10)55-44(69)32(53)23-39(65)66)46(71)59-35(21-26(3)4)48(73)63-41(28(7)8)50(75)61-36(22-31-16-12-11-13-17-31)45(70)56-29(9)42(67)58-37(24-38(54)64)47(72)57-33(51(76)77)18-14-15-19-52/h11-13,16-17,25-30,32-37,40-41H,14-15,18-24,52-53H2,1-10H3,(H2,54,64)(H,55,69)(H,56,70)(H,57,72)(H,58,67)(H,59,71)(H,60,74)(H,61,75)(H,62,68)(H,63,73)(H,65,66)(H,76,77)/t29-,30-,32-,33-,34-,35-,36-,37-,40-,41-/m0/s1. The second kappa shape index (κ2) is 33.7. The van der Waals surface area contributed by atoms with Crippen LogP contribution in [0.15, 0.2) is 30.3 Å². The van der Waals surface area contributed by atoms with Gasteiger partial charge in [-0.3, -0.25) is 52.7 Å². The fourth-order valence-corrected chi connectivity index (χ4v) is 7.64. The molecule has 0 radical (unpaired) electrons. The average Bonchev–Trinajstić information content (AvgIpc) is 3.32. The Bertz CT molecular complexity index is 2190. The summed E-state index contributed by atoms with van der Waals surface area (Å²) < 4.78 is 0. The summed E-state index contributed by atoms with van der Waals surface area (Å²) in [7, 11) is 0. The van der Waals surface area contributed by atoms with Crippen molar-refractivity contribution in [1.82, 2.24) is 47.9 Å². The number of hydrogen-bond donors (Lipinski definition) is 14. The minimum atomic E-state index is -1.62. The van der Waals surface area contributed by atoms with Gasteiger partial charge in [0, 0.05) is 6.42 Å². The topological polar surface area (TPSA) is 432 Å². The molecule has 0 bridgehead atoms. The van der Waals surface area contributed by atoms with Crippen LogP contribution in [-0.4, -0.2) is 148 Å². The summed E-state index contributed by atoms with van der Waals surface area (Å²) in [6, 6.07) is -4.91. The predicted molar refractivity (Wildman–Crippen MR) is 282 cm³/mol. The second-order valence-electron chi connectivity index (χ2n) is 20.7. The first-order valence-electron chi connectivity index (χ1n) is 25.8. The predicted octanol–water partition coefficient (Wildman–Crippen LogP) is -2.07. The van der Waals surface area contributed by atoms with E-state index in [0.29, 0.717) is 24.9 Å². The fourth-order valence-electron chi connectivity index (χ4n) is 7.64. The number of nitrogens with one attached hydrogen (secondary N) is 9. The third kappa shape index (κ3) is 25.5. The third-order valence-electron chi connectivity index (χ3n) is 11.9. The molecule has 0 unspecified atom stereocenters. The van der Waals surface area contributed by atoms with Crippen LogP contribution in [0, 0.1) is 23.7 Å². The number of carbonyl (C=O) groups excluding carboxylic acids is 10. The molecule has 432 valence electrons. The lowest BCUT2D eigenvalue weighted by atomic mass is 9.97. The fraction of sp³-hybridized carbons (Fsp3) is 0.647. The van der Waals surface area contributed by atoms with Gasteiger partial charge < -0.3 is 75.3 Å². The van der Waals surface area contributed by atoms with E-state index in [-0.39, 0.29) is 37.5 Å². The van der Waals surface area contributed by atoms with E-state index in [1.165, 1.54) is 13.8 Å². The number of rotatable bonds is 35. The highest BCUT2D eigenvalue weighted by molar-refractivity contribution is 5.99. The van der Waals surface area contributed by atoms with Crippen LogP contribution in [0.3, 0.4) is 0 Å². The molecular formula is C51H84N12O14. The number of nitrogens with two attached hydrogens (primary N) is 3. The van der Waals surface area contributed by atoms with Gasteiger partial charge >= 0.3 is 11.9 Å². The molecule has 0 saturated carbocycles. The van der Waals surface area contributed by atoms with E-state index in [4.69, 9.17) is 22.3 Å². The van der Waals surface area contributed by atoms with Gasteiger partial charge in [-0.2, -0.15) is 0 Å². The number of benzene rings is 1. The first kappa shape index (κ1) is 67.8. The largest absolute Gasteiger partial charge is 0.481 e. The number of aliphatic carboxylic acids is 2. The van der Waals surface area contributed by atoms with Crippen molar-refractivity contribution in [2.24, 2.45) is 40.9 Å². The number of carboxylic acid groups (broad SMARTS) is 2. The van der Waals surface area contributed by atoms with Crippen molar-refractivity contribution in [3.8, 4) is 0 Å². The molecule has 10 atom stereocenters. The number of hydrogen-bond acceptors (Lipinski definition) is 14. The Kier molecular flexibility index (Phi) is 29.7. The molecule has 0 aliphatic carbocycles. The summed E-state index contributed by atoms with van der Waals surface area (Å²) in [5.41, 5.74) is 17.1. The summed E-state index contributed by atoms with van der Waals surface area (Å²) in [6.45, 7) is 16.6. The van der Waals surface area contributed by atoms with Crippen molar-refractivity contribution < 1.29 is 67.7 Å². The maximum atomic E-state index is 14.2. The van der Waals surface area contributed by atoms with E-state index in [9.17, 15) is 62.6 Å². The van der Waals surface area contributed by atoms with Crippen molar-refractivity contribution in [3.63, 3.8) is 0 Å². The van der Waals surface area contributed by atoms with Crippen LogP contribution >= 0.6 is 0 Å². The lowest BCUT2D eigenvalue weighted by molar-refractivity contribution is -0.142. The first-order valence-corrected chi connectivity index (χ1v) is 25.8. The minimum absolute atomic E-state index is 0.0161. The van der Waals surface area contributed by atoms with E-state index in [0.717, 1.165) is 0 Å². The van der Waals surface area contributed by atoms with Crippen molar-refractivity contribution >= 4 is 71.0 Å². The van der Waals surface area contributed by atoms with Gasteiger partial charge in [0.1, 0.15) is 54.4 Å². The number of carbonyl (C=O) groups is 12. The molecule has 0 heterocycles. The van der Waals surface area contributed by atoms with Gasteiger partial charge in [0.2, 0.25) is 59.1 Å². The van der Waals surface area contributed by atoms with Crippen LogP contribution in [0.4, 0.5) is 0 Å². The van der Waals surface area contributed by atoms with Crippen molar-refractivity contribution in [1.29, 1.82) is 0 Å². The van der Waals surface area contributed by atoms with Gasteiger partial charge in [-0.25, -0.2) is 4.79 Å². The Labute approximate surface area is 449 Å². The van der Waals surface area contributed by atoms with E-state index in [2.05, 4.69) is 47.9 Å². The Balaban J connectivity index is 3.38. The van der Waals surface area contributed by atoms with Gasteiger partial charge in [-0.1, -0.05) is 85.7 Å². The zero-order valence-corrected chi connectivity index (χ0v) is 45.9. The molecule has 0 aliphatic heterocycles. The molecule has 0 fully saturated rings. The molecule has 0 aromatic heterocycles. The molecular weight excluding hydrogens is 1000 g/mol. The van der Waals surface area contributed by atoms with Crippen LogP contribution in [0.1, 0.15) is 120 Å². The quantitative estimate of drug-likeness (QED) is 0.0325. The van der Waals surface area contributed by atoms with Crippen molar-refractivity contribution in [2.45, 2.75) is 181 Å². The number of amides is 10. The normalized spacial score (nSPS) is 15.2. The molecule has 10 amide bonds. The van der Waals surface area contributed by atoms with Crippen molar-refractivity contribution in [2.75, 3.05) is 6.54 Å². The van der Waals surface area contributed by atoms with E-state index < -0.39 is 156 Å². The zero-order valence-electron chi connectivity index (χ0n) is 45.9. The minimum Gasteiger partial charge on any atom is -0.481 e. The molecule has 0 saturated heterocycles. The molecule has 17 N–H and O–H groups in total. The van der Waals surface area contributed by atoms with Gasteiger partial charge in [-0.05, 0) is 81.7 Å². The van der Waals surface area contributed by atoms with Gasteiger partial charge in [0.25, 0.3) is 0 Å². The lowest BCUT2D eigenvalue weighted by Gasteiger charge is -2.30. The molecule has 0 aliphatic rings. The van der Waals surface area contributed by atoms with Gasteiger partial charge in [0.15, 0.2) is 0 Å². The van der Waals surface area contributed by atoms with Crippen LogP contribution in [-0.2, 0) is 64.0 Å². The molecule has 1 rings (SSSR count). The summed E-state index contributed by atoms with van der Waals surface area (Å²) in [5, 5.41) is 41.4. The number of primary amides is 1. The zero-order chi connectivity index (χ0) is 58.9. The molecule has 1 aromatic rings. The lowest BCUT2D eigenvalue weighted by Crippen LogP contribution is -2.61. The van der Waals surface area contributed by atoms with Crippen LogP contribution in [0.25, 0.3) is 0 Å². The maximum absolute atomic E-state index is 14.2. The smallest absolute Gasteiger partial charge is 0.326 e. The molecule has 0 spiro atoms. The van der Waals surface area contributed by atoms with Crippen molar-refractivity contribution in [3.05, 3.63) is 35.9 Å². The molecule has 26 heteroatoms. The Morgan fingerprint density at radius 1 is 0.468 bits per heavy atom. The summed E-state index contributed by atoms with van der Waals surface area (Å²) in [4.78, 5) is 157. The summed E-state index contributed by atoms with van der Waals surface area (Å²) in [6.07, 6.45) is -0.459. The first-order chi connectivity index (χ1) is 35.9. The monoisotopic (exact) mass is 1090 g/mol. The van der Waals surface area contributed by atoms with E-state index >= 15 is 0 Å². The highest BCUT2D eigenvalue weighted by Gasteiger charge is 2.36. The summed E-state index contributed by atoms with van der Waals surface area (Å²) in [5.74, 6) is -12.8. The van der Waals surface area contributed by atoms with Crippen LogP contribution in [0.5, 0.6) is 0 Å². The molecule has 26 nitrogen and oxygen atoms in total. The Morgan fingerprint density at radius 3 is 1.32 bits per heavy atom. The molecule has 77 heavy (non-hydrogen) atoms. The highest BCUT2D eigenvalue weighted by Crippen LogP contribution is 2.14. The SMILES string of the molecule is CC(C)C[C@H](NC(=O)[C@H](CC(C)C)NC(=O)[C@@H](NC(=O)[C@H](C)NC(=O)[C@@H](N)CC(=O)O)C(C)C)C(=O)N[C@H](C(=O)N[C@@H](Cc1ccccc1)C(=O)N[C@@H](C)C(=O)N[C@@H](CC(N)=O)C(=O)N[C@@H](CCCCN)C(=O)O)C(C)C.